The zero-order chi connectivity index (χ0) is 13.9. The van der Waals surface area contributed by atoms with Crippen molar-refractivity contribution in [2.75, 3.05) is 12.9 Å². The van der Waals surface area contributed by atoms with Gasteiger partial charge in [-0.05, 0) is 29.8 Å². The van der Waals surface area contributed by atoms with E-state index in [4.69, 9.17) is 9.15 Å². The van der Waals surface area contributed by atoms with Gasteiger partial charge in [-0.3, -0.25) is 4.79 Å². The molecule has 2 heterocycles. The molecule has 1 aliphatic heterocycles. The first-order valence-corrected chi connectivity index (χ1v) is 7.40. The third kappa shape index (κ3) is 2.54. The average molecular weight is 289 g/mol. The number of hydrogen-bond acceptors (Lipinski definition) is 4. The number of carbonyl (C=O) groups excluding carboxylic acids is 1. The summed E-state index contributed by atoms with van der Waals surface area (Å²) < 4.78 is 10.6. The summed E-state index contributed by atoms with van der Waals surface area (Å²) >= 11 is 1.63. The molecule has 0 saturated carbocycles. The van der Waals surface area contributed by atoms with E-state index in [-0.39, 0.29) is 11.3 Å². The molecule has 0 radical (unpaired) electrons. The molecule has 1 aromatic carbocycles. The standard InChI is InChI=1S/C15H15NO3S/c1-18-12-5-2-4-11(8-12)15-16(14(17)10-20-15)9-13-6-3-7-19-13/h2-8,15H,9-10H2,1H3. The highest BCUT2D eigenvalue weighted by atomic mass is 32.2. The molecule has 0 bridgehead atoms. The smallest absolute Gasteiger partial charge is 0.234 e. The summed E-state index contributed by atoms with van der Waals surface area (Å²) in [5.41, 5.74) is 1.08. The molecular formula is C15H15NO3S. The third-order valence-corrected chi connectivity index (χ3v) is 4.51. The van der Waals surface area contributed by atoms with Gasteiger partial charge in [0.1, 0.15) is 16.9 Å². The Morgan fingerprint density at radius 3 is 3.05 bits per heavy atom. The normalized spacial score (nSPS) is 18.6. The van der Waals surface area contributed by atoms with E-state index in [0.29, 0.717) is 12.3 Å². The lowest BCUT2D eigenvalue weighted by atomic mass is 10.2. The van der Waals surface area contributed by atoms with E-state index in [1.165, 1.54) is 0 Å². The zero-order valence-corrected chi connectivity index (χ0v) is 11.9. The van der Waals surface area contributed by atoms with Crippen molar-refractivity contribution in [3.8, 4) is 5.75 Å². The highest BCUT2D eigenvalue weighted by molar-refractivity contribution is 8.00. The van der Waals surface area contributed by atoms with Crippen molar-refractivity contribution in [3.63, 3.8) is 0 Å². The lowest BCUT2D eigenvalue weighted by Crippen LogP contribution is -2.27. The number of ether oxygens (including phenoxy) is 1. The molecule has 3 rings (SSSR count). The van der Waals surface area contributed by atoms with Crippen LogP contribution in [0.1, 0.15) is 16.7 Å². The number of benzene rings is 1. The molecule has 104 valence electrons. The Morgan fingerprint density at radius 1 is 1.40 bits per heavy atom. The summed E-state index contributed by atoms with van der Waals surface area (Å²) in [5.74, 6) is 2.25. The first-order valence-electron chi connectivity index (χ1n) is 6.35. The van der Waals surface area contributed by atoms with Crippen molar-refractivity contribution in [1.29, 1.82) is 0 Å². The maximum atomic E-state index is 12.1. The van der Waals surface area contributed by atoms with Crippen LogP contribution >= 0.6 is 11.8 Å². The van der Waals surface area contributed by atoms with Gasteiger partial charge in [0.05, 0.1) is 25.7 Å². The molecule has 20 heavy (non-hydrogen) atoms. The second-order valence-electron chi connectivity index (χ2n) is 4.54. The molecule has 5 heteroatoms. The number of methoxy groups -OCH3 is 1. The Hall–Kier alpha value is -1.88. The van der Waals surface area contributed by atoms with Crippen LogP contribution in [0, 0.1) is 0 Å². The monoisotopic (exact) mass is 289 g/mol. The lowest BCUT2D eigenvalue weighted by molar-refractivity contribution is -0.128. The van der Waals surface area contributed by atoms with E-state index in [1.807, 2.05) is 41.3 Å². The van der Waals surface area contributed by atoms with Crippen molar-refractivity contribution in [3.05, 3.63) is 54.0 Å². The molecule has 1 fully saturated rings. The van der Waals surface area contributed by atoms with Gasteiger partial charge in [0.15, 0.2) is 0 Å². The fourth-order valence-corrected chi connectivity index (χ4v) is 3.44. The highest BCUT2D eigenvalue weighted by Gasteiger charge is 2.33. The first-order chi connectivity index (χ1) is 9.78. The Bertz CT molecular complexity index is 597. The number of thioether (sulfide) groups is 1. The Kier molecular flexibility index (Phi) is 3.69. The van der Waals surface area contributed by atoms with Gasteiger partial charge >= 0.3 is 0 Å². The highest BCUT2D eigenvalue weighted by Crippen LogP contribution is 2.40. The van der Waals surface area contributed by atoms with Gasteiger partial charge in [0.25, 0.3) is 0 Å². The van der Waals surface area contributed by atoms with Crippen LogP contribution in [-0.2, 0) is 11.3 Å². The molecule has 1 aliphatic rings. The van der Waals surface area contributed by atoms with Gasteiger partial charge in [-0.2, -0.15) is 0 Å². The summed E-state index contributed by atoms with van der Waals surface area (Å²) in [4.78, 5) is 13.9. The minimum absolute atomic E-state index is 0.0164. The zero-order valence-electron chi connectivity index (χ0n) is 11.1. The van der Waals surface area contributed by atoms with Crippen molar-refractivity contribution < 1.29 is 13.9 Å². The maximum absolute atomic E-state index is 12.1. The summed E-state index contributed by atoms with van der Waals surface area (Å²) in [6, 6.07) is 11.6. The van der Waals surface area contributed by atoms with Crippen molar-refractivity contribution in [1.82, 2.24) is 4.90 Å². The van der Waals surface area contributed by atoms with Crippen LogP contribution in [0.5, 0.6) is 5.75 Å². The second-order valence-corrected chi connectivity index (χ2v) is 5.61. The summed E-state index contributed by atoms with van der Waals surface area (Å²) in [6.07, 6.45) is 1.63. The summed E-state index contributed by atoms with van der Waals surface area (Å²) in [5, 5.41) is 0.0164. The Morgan fingerprint density at radius 2 is 2.30 bits per heavy atom. The Balaban J connectivity index is 1.85. The van der Waals surface area contributed by atoms with Crippen molar-refractivity contribution in [2.45, 2.75) is 11.9 Å². The fraction of sp³-hybridized carbons (Fsp3) is 0.267. The SMILES string of the molecule is COc1cccc(C2SCC(=O)N2Cc2ccco2)c1. The first kappa shape index (κ1) is 13.1. The minimum Gasteiger partial charge on any atom is -0.497 e. The van der Waals surface area contributed by atoms with Gasteiger partial charge in [-0.1, -0.05) is 12.1 Å². The van der Waals surface area contributed by atoms with Crippen LogP contribution in [0.15, 0.2) is 47.1 Å². The molecule has 0 spiro atoms. The molecule has 0 N–H and O–H groups in total. The average Bonchev–Trinajstić information content (AvgIpc) is 3.11. The number of nitrogens with zero attached hydrogens (tertiary/aromatic N) is 1. The fourth-order valence-electron chi connectivity index (χ4n) is 2.27. The van der Waals surface area contributed by atoms with E-state index in [0.717, 1.165) is 17.1 Å². The number of carbonyl (C=O) groups is 1. The van der Waals surface area contributed by atoms with Crippen LogP contribution in [-0.4, -0.2) is 23.7 Å². The van der Waals surface area contributed by atoms with Gasteiger partial charge in [0.2, 0.25) is 5.91 Å². The third-order valence-electron chi connectivity index (χ3n) is 3.25. The Labute approximate surface area is 121 Å². The molecule has 1 amide bonds. The van der Waals surface area contributed by atoms with E-state index in [2.05, 4.69) is 0 Å². The maximum Gasteiger partial charge on any atom is 0.234 e. The van der Waals surface area contributed by atoms with Crippen LogP contribution in [0.25, 0.3) is 0 Å². The molecule has 2 aromatic rings. The number of amides is 1. The number of hydrogen-bond donors (Lipinski definition) is 0. The van der Waals surface area contributed by atoms with E-state index < -0.39 is 0 Å². The molecule has 1 unspecified atom stereocenters. The van der Waals surface area contributed by atoms with Gasteiger partial charge in [-0.15, -0.1) is 11.8 Å². The van der Waals surface area contributed by atoms with Gasteiger partial charge in [0, 0.05) is 0 Å². The molecule has 1 saturated heterocycles. The van der Waals surface area contributed by atoms with Crippen LogP contribution < -0.4 is 4.74 Å². The molecule has 4 nitrogen and oxygen atoms in total. The van der Waals surface area contributed by atoms with E-state index in [9.17, 15) is 4.79 Å². The topological polar surface area (TPSA) is 42.7 Å². The van der Waals surface area contributed by atoms with Gasteiger partial charge in [-0.25, -0.2) is 0 Å². The predicted octanol–water partition coefficient (Wildman–Crippen LogP) is 3.06. The van der Waals surface area contributed by atoms with Crippen LogP contribution in [0.3, 0.4) is 0 Å². The number of furan rings is 1. The second kappa shape index (κ2) is 5.63. The largest absolute Gasteiger partial charge is 0.497 e. The van der Waals surface area contributed by atoms with E-state index >= 15 is 0 Å². The van der Waals surface area contributed by atoms with Crippen molar-refractivity contribution >= 4 is 17.7 Å². The number of rotatable bonds is 4. The quantitative estimate of drug-likeness (QED) is 0.867. The van der Waals surface area contributed by atoms with Gasteiger partial charge < -0.3 is 14.1 Å². The predicted molar refractivity (Wildman–Crippen MR) is 77.5 cm³/mol. The minimum atomic E-state index is 0.0164. The molecule has 0 aliphatic carbocycles. The molecule has 1 aromatic heterocycles. The molecular weight excluding hydrogens is 274 g/mol. The van der Waals surface area contributed by atoms with Crippen LogP contribution in [0.2, 0.25) is 0 Å². The van der Waals surface area contributed by atoms with Crippen molar-refractivity contribution in [2.24, 2.45) is 0 Å². The summed E-state index contributed by atoms with van der Waals surface area (Å²) in [7, 11) is 1.65. The summed E-state index contributed by atoms with van der Waals surface area (Å²) in [6.45, 7) is 0.501. The molecule has 1 atom stereocenters. The lowest BCUT2D eigenvalue weighted by Gasteiger charge is -2.23. The van der Waals surface area contributed by atoms with Crippen LogP contribution in [0.4, 0.5) is 0 Å². The van der Waals surface area contributed by atoms with E-state index in [1.54, 1.807) is 25.1 Å².